The minimum atomic E-state index is -2.96. The quantitative estimate of drug-likeness (QED) is 0.676. The molecule has 4 rings (SSSR count). The van der Waals surface area contributed by atoms with Crippen LogP contribution in [0.25, 0.3) is 0 Å². The summed E-state index contributed by atoms with van der Waals surface area (Å²) in [5.41, 5.74) is 1.59. The van der Waals surface area contributed by atoms with E-state index < -0.39 is 9.84 Å². The van der Waals surface area contributed by atoms with Crippen LogP contribution in [0.1, 0.15) is 29.3 Å². The average molecular weight is 448 g/mol. The first kappa shape index (κ1) is 21.1. The number of carbonyl (C=O) groups excluding carboxylic acids is 1. The van der Waals surface area contributed by atoms with Crippen molar-refractivity contribution in [1.82, 2.24) is 4.90 Å². The van der Waals surface area contributed by atoms with Gasteiger partial charge < -0.3 is 14.4 Å². The molecule has 1 amide bonds. The highest BCUT2D eigenvalue weighted by Gasteiger charge is 2.30. The maximum atomic E-state index is 13.3. The number of sulfone groups is 1. The molecule has 0 saturated carbocycles. The maximum absolute atomic E-state index is 13.3. The molecule has 0 aromatic heterocycles. The summed E-state index contributed by atoms with van der Waals surface area (Å²) >= 11 is 1.50. The van der Waals surface area contributed by atoms with E-state index in [9.17, 15) is 13.2 Å². The van der Waals surface area contributed by atoms with Gasteiger partial charge in [0.2, 0.25) is 0 Å². The molecule has 0 unspecified atom stereocenters. The first-order valence-electron chi connectivity index (χ1n) is 10.1. The van der Waals surface area contributed by atoms with Gasteiger partial charge in [0.05, 0.1) is 17.1 Å². The monoisotopic (exact) mass is 447 g/mol. The number of benzene rings is 2. The standard InChI is InChI=1S/C22H25NO5S2/c1-2-23(14-16-7-8-19-20(13-16)28-11-10-27-19)22(24)18-5-3-4-6-21(18)29-17-9-12-30(25,26)15-17/h3-8,13,17H,2,9-12,14-15H2,1H3/t17-/m0/s1. The van der Waals surface area contributed by atoms with Gasteiger partial charge in [-0.25, -0.2) is 8.42 Å². The summed E-state index contributed by atoms with van der Waals surface area (Å²) in [4.78, 5) is 16.0. The molecule has 2 aliphatic rings. The van der Waals surface area contributed by atoms with Gasteiger partial charge in [0, 0.05) is 23.2 Å². The van der Waals surface area contributed by atoms with Crippen molar-refractivity contribution in [2.24, 2.45) is 0 Å². The van der Waals surface area contributed by atoms with Gasteiger partial charge in [0.25, 0.3) is 5.91 Å². The van der Waals surface area contributed by atoms with E-state index >= 15 is 0 Å². The van der Waals surface area contributed by atoms with Crippen molar-refractivity contribution in [3.05, 3.63) is 53.6 Å². The number of fused-ring (bicyclic) bond motifs is 1. The first-order valence-corrected chi connectivity index (χ1v) is 12.8. The normalized spacial score (nSPS) is 19.4. The highest BCUT2D eigenvalue weighted by Crippen LogP contribution is 2.34. The van der Waals surface area contributed by atoms with E-state index in [0.717, 1.165) is 16.2 Å². The number of rotatable bonds is 6. The molecule has 1 fully saturated rings. The van der Waals surface area contributed by atoms with Crippen molar-refractivity contribution in [3.63, 3.8) is 0 Å². The summed E-state index contributed by atoms with van der Waals surface area (Å²) in [6, 6.07) is 13.2. The van der Waals surface area contributed by atoms with Crippen LogP contribution in [0.4, 0.5) is 0 Å². The van der Waals surface area contributed by atoms with Crippen molar-refractivity contribution in [2.75, 3.05) is 31.3 Å². The fourth-order valence-electron chi connectivity index (χ4n) is 3.68. The highest BCUT2D eigenvalue weighted by atomic mass is 32.2. The fraction of sp³-hybridized carbons (Fsp3) is 0.409. The Hall–Kier alpha value is -2.19. The first-order chi connectivity index (χ1) is 14.4. The second kappa shape index (κ2) is 8.89. The lowest BCUT2D eigenvalue weighted by atomic mass is 10.1. The van der Waals surface area contributed by atoms with E-state index in [0.29, 0.717) is 44.0 Å². The SMILES string of the molecule is CCN(Cc1ccc2c(c1)OCCO2)C(=O)c1ccccc1S[C@H]1CCS(=O)(=O)C1. The van der Waals surface area contributed by atoms with Crippen LogP contribution in [-0.4, -0.2) is 55.7 Å². The van der Waals surface area contributed by atoms with E-state index in [4.69, 9.17) is 9.47 Å². The number of thioether (sulfide) groups is 1. The lowest BCUT2D eigenvalue weighted by Gasteiger charge is -2.24. The van der Waals surface area contributed by atoms with Gasteiger partial charge in [0.15, 0.2) is 21.3 Å². The van der Waals surface area contributed by atoms with Crippen molar-refractivity contribution in [3.8, 4) is 11.5 Å². The van der Waals surface area contributed by atoms with Crippen LogP contribution in [0, 0.1) is 0 Å². The van der Waals surface area contributed by atoms with Gasteiger partial charge in [0.1, 0.15) is 13.2 Å². The molecule has 2 aliphatic heterocycles. The molecule has 0 spiro atoms. The molecule has 2 aromatic rings. The number of amides is 1. The van der Waals surface area contributed by atoms with Crippen LogP contribution >= 0.6 is 11.8 Å². The van der Waals surface area contributed by atoms with Crippen LogP contribution in [-0.2, 0) is 16.4 Å². The van der Waals surface area contributed by atoms with Crippen LogP contribution < -0.4 is 9.47 Å². The average Bonchev–Trinajstić information content (AvgIpc) is 3.10. The van der Waals surface area contributed by atoms with Crippen molar-refractivity contribution < 1.29 is 22.7 Å². The summed E-state index contributed by atoms with van der Waals surface area (Å²) in [6.07, 6.45) is 0.629. The van der Waals surface area contributed by atoms with E-state index in [-0.39, 0.29) is 22.7 Å². The molecule has 2 heterocycles. The lowest BCUT2D eigenvalue weighted by molar-refractivity contribution is 0.0748. The molecule has 8 heteroatoms. The summed E-state index contributed by atoms with van der Waals surface area (Å²) in [5.74, 6) is 1.78. The van der Waals surface area contributed by atoms with Crippen LogP contribution in [0.3, 0.4) is 0 Å². The zero-order valence-electron chi connectivity index (χ0n) is 16.9. The van der Waals surface area contributed by atoms with Gasteiger partial charge in [-0.15, -0.1) is 11.8 Å². The summed E-state index contributed by atoms with van der Waals surface area (Å²) in [6.45, 7) is 4.04. The molecule has 6 nitrogen and oxygen atoms in total. The Balaban J connectivity index is 1.51. The molecule has 0 aliphatic carbocycles. The van der Waals surface area contributed by atoms with Crippen LogP contribution in [0.2, 0.25) is 0 Å². The fourth-order valence-corrected chi connectivity index (χ4v) is 7.30. The molecule has 0 N–H and O–H groups in total. The second-order valence-electron chi connectivity index (χ2n) is 7.44. The number of carbonyl (C=O) groups is 1. The Morgan fingerprint density at radius 1 is 1.13 bits per heavy atom. The molecule has 0 radical (unpaired) electrons. The molecule has 1 saturated heterocycles. The van der Waals surface area contributed by atoms with Crippen molar-refractivity contribution in [1.29, 1.82) is 0 Å². The number of hydrogen-bond acceptors (Lipinski definition) is 6. The molecular weight excluding hydrogens is 422 g/mol. The van der Waals surface area contributed by atoms with Crippen molar-refractivity contribution in [2.45, 2.75) is 30.0 Å². The third-order valence-electron chi connectivity index (χ3n) is 5.25. The molecule has 1 atom stereocenters. The van der Waals surface area contributed by atoms with Gasteiger partial charge in [-0.2, -0.15) is 0 Å². The predicted molar refractivity (Wildman–Crippen MR) is 117 cm³/mol. The van der Waals surface area contributed by atoms with Gasteiger partial charge in [-0.1, -0.05) is 18.2 Å². The minimum Gasteiger partial charge on any atom is -0.486 e. The molecule has 30 heavy (non-hydrogen) atoms. The van der Waals surface area contributed by atoms with E-state index in [1.807, 2.05) is 49.4 Å². The third kappa shape index (κ3) is 4.75. The minimum absolute atomic E-state index is 0.00294. The zero-order chi connectivity index (χ0) is 21.1. The molecule has 0 bridgehead atoms. The van der Waals surface area contributed by atoms with Gasteiger partial charge in [-0.3, -0.25) is 4.79 Å². The lowest BCUT2D eigenvalue weighted by Crippen LogP contribution is -2.31. The second-order valence-corrected chi connectivity index (χ2v) is 11.0. The van der Waals surface area contributed by atoms with E-state index in [1.54, 1.807) is 4.90 Å². The number of hydrogen-bond donors (Lipinski definition) is 0. The molecular formula is C22H25NO5S2. The zero-order valence-corrected chi connectivity index (χ0v) is 18.5. The molecule has 160 valence electrons. The third-order valence-corrected chi connectivity index (χ3v) is 8.58. The Morgan fingerprint density at radius 3 is 2.63 bits per heavy atom. The summed E-state index contributed by atoms with van der Waals surface area (Å²) < 4.78 is 34.8. The largest absolute Gasteiger partial charge is 0.486 e. The van der Waals surface area contributed by atoms with Crippen LogP contribution in [0.15, 0.2) is 47.4 Å². The van der Waals surface area contributed by atoms with Crippen molar-refractivity contribution >= 4 is 27.5 Å². The summed E-state index contributed by atoms with van der Waals surface area (Å²) in [5, 5.41) is -0.00294. The van der Waals surface area contributed by atoms with E-state index in [1.165, 1.54) is 11.8 Å². The Kier molecular flexibility index (Phi) is 6.24. The smallest absolute Gasteiger partial charge is 0.255 e. The maximum Gasteiger partial charge on any atom is 0.255 e. The van der Waals surface area contributed by atoms with E-state index in [2.05, 4.69) is 0 Å². The molecule has 2 aromatic carbocycles. The number of nitrogens with zero attached hydrogens (tertiary/aromatic N) is 1. The summed E-state index contributed by atoms with van der Waals surface area (Å²) in [7, 11) is -2.96. The Bertz CT molecular complexity index is 1040. The van der Waals surface area contributed by atoms with Crippen LogP contribution in [0.5, 0.6) is 11.5 Å². The number of ether oxygens (including phenoxy) is 2. The van der Waals surface area contributed by atoms with Gasteiger partial charge in [-0.05, 0) is 43.2 Å². The van der Waals surface area contributed by atoms with Gasteiger partial charge >= 0.3 is 0 Å². The topological polar surface area (TPSA) is 72.9 Å². The Labute approximate surface area is 181 Å². The highest BCUT2D eigenvalue weighted by molar-refractivity contribution is 8.02. The predicted octanol–water partition coefficient (Wildman–Crippen LogP) is 3.40. The Morgan fingerprint density at radius 2 is 1.90 bits per heavy atom.